The van der Waals surface area contributed by atoms with E-state index in [1.165, 1.54) is 0 Å². The molecular weight excluding hydrogens is 347 g/mol. The smallest absolute Gasteiger partial charge is 0.287 e. The van der Waals surface area contributed by atoms with E-state index in [9.17, 15) is 4.79 Å². The van der Waals surface area contributed by atoms with E-state index >= 15 is 0 Å². The molecule has 18 heavy (non-hydrogen) atoms. The van der Waals surface area contributed by atoms with Crippen molar-refractivity contribution in [3.63, 3.8) is 0 Å². The van der Waals surface area contributed by atoms with Crippen LogP contribution in [0.4, 0.5) is 0 Å². The van der Waals surface area contributed by atoms with Gasteiger partial charge in [-0.15, -0.1) is 0 Å². The predicted octanol–water partition coefficient (Wildman–Crippen LogP) is 1.34. The van der Waals surface area contributed by atoms with E-state index in [1.54, 1.807) is 12.1 Å². The van der Waals surface area contributed by atoms with E-state index in [0.29, 0.717) is 12.3 Å². The lowest BCUT2D eigenvalue weighted by Gasteiger charge is -2.26. The predicted molar refractivity (Wildman–Crippen MR) is 75.6 cm³/mol. The van der Waals surface area contributed by atoms with Crippen LogP contribution in [0.5, 0.6) is 0 Å². The molecule has 1 aliphatic heterocycles. The molecule has 6 heteroatoms. The van der Waals surface area contributed by atoms with Crippen molar-refractivity contribution in [2.24, 2.45) is 0 Å². The highest BCUT2D eigenvalue weighted by Crippen LogP contribution is 2.09. The highest BCUT2D eigenvalue weighted by molar-refractivity contribution is 14.1. The lowest BCUT2D eigenvalue weighted by molar-refractivity contribution is 0.0374. The summed E-state index contributed by atoms with van der Waals surface area (Å²) in [6.07, 6.45) is 0.948. The molecule has 0 atom stereocenters. The van der Waals surface area contributed by atoms with Crippen LogP contribution in [0, 0.1) is 3.77 Å². The number of morpholine rings is 1. The number of halogens is 1. The first-order valence-electron chi connectivity index (χ1n) is 6.09. The van der Waals surface area contributed by atoms with Crippen LogP contribution in [-0.4, -0.2) is 50.2 Å². The standard InChI is InChI=1S/C12H17IN2O3/c13-11-3-2-10(18-11)12(16)14-4-1-5-15-6-8-17-9-7-15/h2-3H,1,4-9H2,(H,14,16). The number of carbonyl (C=O) groups is 1. The Morgan fingerprint density at radius 2 is 2.17 bits per heavy atom. The van der Waals surface area contributed by atoms with E-state index in [1.807, 2.05) is 22.6 Å². The summed E-state index contributed by atoms with van der Waals surface area (Å²) in [6.45, 7) is 5.29. The molecule has 0 radical (unpaired) electrons. The molecule has 0 aromatic carbocycles. The van der Waals surface area contributed by atoms with Gasteiger partial charge in [0.2, 0.25) is 0 Å². The van der Waals surface area contributed by atoms with E-state index in [4.69, 9.17) is 9.15 Å². The maximum absolute atomic E-state index is 11.7. The van der Waals surface area contributed by atoms with Gasteiger partial charge in [0.05, 0.1) is 13.2 Å². The van der Waals surface area contributed by atoms with Crippen molar-refractivity contribution in [3.05, 3.63) is 21.7 Å². The fraction of sp³-hybridized carbons (Fsp3) is 0.583. The summed E-state index contributed by atoms with van der Waals surface area (Å²) in [5.74, 6) is 0.241. The van der Waals surface area contributed by atoms with Gasteiger partial charge in [-0.25, -0.2) is 0 Å². The quantitative estimate of drug-likeness (QED) is 0.633. The third-order valence-corrected chi connectivity index (χ3v) is 3.42. The Morgan fingerprint density at radius 3 is 2.83 bits per heavy atom. The average molecular weight is 364 g/mol. The third kappa shape index (κ3) is 4.25. The number of ether oxygens (including phenoxy) is 1. The van der Waals surface area contributed by atoms with Gasteiger partial charge in [0.15, 0.2) is 9.53 Å². The van der Waals surface area contributed by atoms with Gasteiger partial charge in [-0.2, -0.15) is 0 Å². The van der Waals surface area contributed by atoms with Crippen molar-refractivity contribution in [1.82, 2.24) is 10.2 Å². The zero-order valence-electron chi connectivity index (χ0n) is 10.2. The van der Waals surface area contributed by atoms with Gasteiger partial charge in [-0.3, -0.25) is 9.69 Å². The fourth-order valence-electron chi connectivity index (χ4n) is 1.85. The van der Waals surface area contributed by atoms with Gasteiger partial charge < -0.3 is 14.5 Å². The molecule has 1 amide bonds. The van der Waals surface area contributed by atoms with E-state index in [-0.39, 0.29) is 5.91 Å². The first kappa shape index (κ1) is 13.8. The van der Waals surface area contributed by atoms with E-state index < -0.39 is 0 Å². The van der Waals surface area contributed by atoms with Gasteiger partial charge in [0, 0.05) is 19.6 Å². The molecular formula is C12H17IN2O3. The van der Waals surface area contributed by atoms with Crippen LogP contribution < -0.4 is 5.32 Å². The van der Waals surface area contributed by atoms with Crippen LogP contribution in [-0.2, 0) is 4.74 Å². The molecule has 1 saturated heterocycles. The summed E-state index contributed by atoms with van der Waals surface area (Å²) in [7, 11) is 0. The first-order valence-corrected chi connectivity index (χ1v) is 7.17. The number of amides is 1. The van der Waals surface area contributed by atoms with Gasteiger partial charge in [-0.1, -0.05) is 0 Å². The first-order chi connectivity index (χ1) is 8.75. The van der Waals surface area contributed by atoms with Crippen molar-refractivity contribution < 1.29 is 13.9 Å². The Kier molecular flexibility index (Phi) is 5.45. The van der Waals surface area contributed by atoms with Crippen LogP contribution >= 0.6 is 22.6 Å². The largest absolute Gasteiger partial charge is 0.445 e. The number of hydrogen-bond donors (Lipinski definition) is 1. The summed E-state index contributed by atoms with van der Waals surface area (Å²) < 4.78 is 11.2. The van der Waals surface area contributed by atoms with Crippen LogP contribution in [0.2, 0.25) is 0 Å². The molecule has 1 aromatic rings. The number of nitrogens with zero attached hydrogens (tertiary/aromatic N) is 1. The molecule has 0 unspecified atom stereocenters. The van der Waals surface area contributed by atoms with Crippen molar-refractivity contribution in [1.29, 1.82) is 0 Å². The minimum atomic E-state index is -0.139. The second-order valence-electron chi connectivity index (χ2n) is 4.17. The van der Waals surface area contributed by atoms with Crippen LogP contribution in [0.3, 0.4) is 0 Å². The minimum absolute atomic E-state index is 0.139. The highest BCUT2D eigenvalue weighted by Gasteiger charge is 2.11. The molecule has 0 aliphatic carbocycles. The zero-order valence-corrected chi connectivity index (χ0v) is 12.3. The molecule has 0 saturated carbocycles. The lowest BCUT2D eigenvalue weighted by Crippen LogP contribution is -2.38. The molecule has 0 bridgehead atoms. The monoisotopic (exact) mass is 364 g/mol. The van der Waals surface area contributed by atoms with Gasteiger partial charge in [0.1, 0.15) is 0 Å². The molecule has 100 valence electrons. The van der Waals surface area contributed by atoms with Crippen LogP contribution in [0.25, 0.3) is 0 Å². The molecule has 5 nitrogen and oxygen atoms in total. The molecule has 1 aliphatic rings. The second kappa shape index (κ2) is 7.10. The minimum Gasteiger partial charge on any atom is -0.445 e. The zero-order chi connectivity index (χ0) is 12.8. The maximum Gasteiger partial charge on any atom is 0.287 e. The topological polar surface area (TPSA) is 54.7 Å². The highest BCUT2D eigenvalue weighted by atomic mass is 127. The average Bonchev–Trinajstić information content (AvgIpc) is 2.82. The number of nitrogens with one attached hydrogen (secondary N) is 1. The fourth-order valence-corrected chi connectivity index (χ4v) is 2.27. The van der Waals surface area contributed by atoms with Gasteiger partial charge in [0.25, 0.3) is 5.91 Å². The van der Waals surface area contributed by atoms with Crippen molar-refractivity contribution >= 4 is 28.5 Å². The van der Waals surface area contributed by atoms with Crippen LogP contribution in [0.1, 0.15) is 17.0 Å². The number of rotatable bonds is 5. The number of carbonyl (C=O) groups excluding carboxylic acids is 1. The van der Waals surface area contributed by atoms with Crippen molar-refractivity contribution in [2.75, 3.05) is 39.4 Å². The summed E-state index contributed by atoms with van der Waals surface area (Å²) in [5.41, 5.74) is 0. The molecule has 0 spiro atoms. The Bertz CT molecular complexity index is 388. The normalized spacial score (nSPS) is 16.7. The Labute approximate surface area is 120 Å². The van der Waals surface area contributed by atoms with Crippen LogP contribution in [0.15, 0.2) is 16.5 Å². The molecule has 1 N–H and O–H groups in total. The maximum atomic E-state index is 11.7. The lowest BCUT2D eigenvalue weighted by atomic mass is 10.3. The van der Waals surface area contributed by atoms with Gasteiger partial charge in [-0.05, 0) is 47.7 Å². The third-order valence-electron chi connectivity index (χ3n) is 2.84. The SMILES string of the molecule is O=C(NCCCN1CCOCC1)c1ccc(I)o1. The molecule has 1 fully saturated rings. The summed E-state index contributed by atoms with van der Waals surface area (Å²) in [6, 6.07) is 3.47. The Hall–Kier alpha value is -0.600. The second-order valence-corrected chi connectivity index (χ2v) is 5.23. The van der Waals surface area contributed by atoms with Crippen molar-refractivity contribution in [2.45, 2.75) is 6.42 Å². The van der Waals surface area contributed by atoms with E-state index in [0.717, 1.165) is 43.0 Å². The number of hydrogen-bond acceptors (Lipinski definition) is 4. The molecule has 2 rings (SSSR count). The Morgan fingerprint density at radius 1 is 1.39 bits per heavy atom. The molecule has 1 aromatic heterocycles. The molecule has 2 heterocycles. The van der Waals surface area contributed by atoms with E-state index in [2.05, 4.69) is 10.2 Å². The Balaban J connectivity index is 1.61. The van der Waals surface area contributed by atoms with Crippen molar-refractivity contribution in [3.8, 4) is 0 Å². The van der Waals surface area contributed by atoms with Gasteiger partial charge >= 0.3 is 0 Å². The summed E-state index contributed by atoms with van der Waals surface area (Å²) in [5, 5.41) is 2.86. The summed E-state index contributed by atoms with van der Waals surface area (Å²) >= 11 is 2.04. The number of furan rings is 1. The summed E-state index contributed by atoms with van der Waals surface area (Å²) in [4.78, 5) is 14.0.